The van der Waals surface area contributed by atoms with Gasteiger partial charge in [0.1, 0.15) is 24.6 Å². The Bertz CT molecular complexity index is 618. The van der Waals surface area contributed by atoms with Gasteiger partial charge in [0.15, 0.2) is 0 Å². The lowest BCUT2D eigenvalue weighted by Gasteiger charge is -2.04. The molecule has 110 valence electrons. The smallest absolute Gasteiger partial charge is 0.256 e. The van der Waals surface area contributed by atoms with Crippen molar-refractivity contribution in [3.8, 4) is 17.1 Å². The van der Waals surface area contributed by atoms with E-state index in [1.165, 1.54) is 0 Å². The van der Waals surface area contributed by atoms with Gasteiger partial charge in [-0.1, -0.05) is 17.3 Å². The molecule has 0 bridgehead atoms. The van der Waals surface area contributed by atoms with Gasteiger partial charge in [0.25, 0.3) is 5.89 Å². The van der Waals surface area contributed by atoms with Crippen LogP contribution in [0.25, 0.3) is 11.4 Å². The van der Waals surface area contributed by atoms with Crippen LogP contribution in [0, 0.1) is 0 Å². The van der Waals surface area contributed by atoms with Gasteiger partial charge in [0.05, 0.1) is 6.61 Å². The van der Waals surface area contributed by atoms with E-state index in [9.17, 15) is 0 Å². The van der Waals surface area contributed by atoms with Crippen molar-refractivity contribution in [1.82, 2.24) is 10.1 Å². The second-order valence-electron chi connectivity index (χ2n) is 5.25. The standard InChI is InChI=1S/C15H16N2O4/c1-3-10(7-11(4-1)19-8-12-9-20-12)14-16-15(21-17-14)13-5-2-6-18-13/h1,3-4,7,12-13H,2,5-6,8-9H2. The van der Waals surface area contributed by atoms with Gasteiger partial charge in [0, 0.05) is 12.2 Å². The SMILES string of the molecule is c1cc(OCC2CO2)cc(-c2noc(C3CCCO3)n2)c1. The summed E-state index contributed by atoms with van der Waals surface area (Å²) < 4.78 is 21.6. The quantitative estimate of drug-likeness (QED) is 0.787. The van der Waals surface area contributed by atoms with E-state index >= 15 is 0 Å². The molecule has 0 N–H and O–H groups in total. The van der Waals surface area contributed by atoms with Crippen LogP contribution in [-0.2, 0) is 9.47 Å². The molecule has 2 fully saturated rings. The molecule has 2 aliphatic rings. The summed E-state index contributed by atoms with van der Waals surface area (Å²) in [6.45, 7) is 2.13. The first-order chi connectivity index (χ1) is 10.4. The Morgan fingerprint density at radius 1 is 1.29 bits per heavy atom. The number of ether oxygens (including phenoxy) is 3. The highest BCUT2D eigenvalue weighted by atomic mass is 16.6. The first-order valence-corrected chi connectivity index (χ1v) is 7.18. The van der Waals surface area contributed by atoms with E-state index in [2.05, 4.69) is 10.1 Å². The third kappa shape index (κ3) is 2.91. The van der Waals surface area contributed by atoms with Gasteiger partial charge < -0.3 is 18.7 Å². The van der Waals surface area contributed by atoms with Gasteiger partial charge in [-0.2, -0.15) is 4.98 Å². The molecule has 21 heavy (non-hydrogen) atoms. The highest BCUT2D eigenvalue weighted by Gasteiger charge is 2.25. The predicted molar refractivity (Wildman–Crippen MR) is 72.9 cm³/mol. The molecule has 0 aliphatic carbocycles. The van der Waals surface area contributed by atoms with E-state index < -0.39 is 0 Å². The lowest BCUT2D eigenvalue weighted by molar-refractivity contribution is 0.0835. The fourth-order valence-electron chi connectivity index (χ4n) is 2.33. The Labute approximate surface area is 122 Å². The molecule has 1 aromatic carbocycles. The summed E-state index contributed by atoms with van der Waals surface area (Å²) >= 11 is 0. The Balaban J connectivity index is 1.50. The van der Waals surface area contributed by atoms with Crippen molar-refractivity contribution in [3.05, 3.63) is 30.2 Å². The highest BCUT2D eigenvalue weighted by Crippen LogP contribution is 2.29. The number of benzene rings is 1. The lowest BCUT2D eigenvalue weighted by Crippen LogP contribution is -2.03. The second-order valence-corrected chi connectivity index (χ2v) is 5.25. The molecular formula is C15H16N2O4. The molecule has 2 saturated heterocycles. The highest BCUT2D eigenvalue weighted by molar-refractivity contribution is 5.56. The van der Waals surface area contributed by atoms with Gasteiger partial charge in [-0.05, 0) is 25.0 Å². The summed E-state index contributed by atoms with van der Waals surface area (Å²) in [5.74, 6) is 1.90. The van der Waals surface area contributed by atoms with Crippen LogP contribution in [0.3, 0.4) is 0 Å². The molecule has 0 amide bonds. The third-order valence-electron chi connectivity index (χ3n) is 3.58. The zero-order valence-corrected chi connectivity index (χ0v) is 11.5. The van der Waals surface area contributed by atoms with Crippen LogP contribution in [0.4, 0.5) is 0 Å². The van der Waals surface area contributed by atoms with Gasteiger partial charge >= 0.3 is 0 Å². The first kappa shape index (κ1) is 12.8. The molecule has 6 heteroatoms. The van der Waals surface area contributed by atoms with E-state index in [0.717, 1.165) is 37.4 Å². The summed E-state index contributed by atoms with van der Waals surface area (Å²) in [6, 6.07) is 7.67. The zero-order chi connectivity index (χ0) is 14.1. The maximum absolute atomic E-state index is 5.66. The summed E-state index contributed by atoms with van der Waals surface area (Å²) in [4.78, 5) is 4.43. The lowest BCUT2D eigenvalue weighted by atomic mass is 10.2. The zero-order valence-electron chi connectivity index (χ0n) is 11.5. The van der Waals surface area contributed by atoms with E-state index in [0.29, 0.717) is 18.3 Å². The molecule has 2 atom stereocenters. The van der Waals surface area contributed by atoms with E-state index in [1.807, 2.05) is 24.3 Å². The number of nitrogens with zero attached hydrogens (tertiary/aromatic N) is 2. The molecule has 2 aliphatic heterocycles. The molecule has 0 saturated carbocycles. The van der Waals surface area contributed by atoms with Crippen molar-refractivity contribution in [3.63, 3.8) is 0 Å². The second kappa shape index (κ2) is 5.46. The van der Waals surface area contributed by atoms with Crippen LogP contribution in [0.15, 0.2) is 28.8 Å². The fourth-order valence-corrected chi connectivity index (χ4v) is 2.33. The van der Waals surface area contributed by atoms with Crippen LogP contribution < -0.4 is 4.74 Å². The Kier molecular flexibility index (Phi) is 3.33. The summed E-state index contributed by atoms with van der Waals surface area (Å²) in [7, 11) is 0. The molecule has 2 aromatic rings. The van der Waals surface area contributed by atoms with Crippen molar-refractivity contribution < 1.29 is 18.7 Å². The van der Waals surface area contributed by atoms with Crippen molar-refractivity contribution >= 4 is 0 Å². The van der Waals surface area contributed by atoms with Crippen molar-refractivity contribution in [2.45, 2.75) is 25.0 Å². The van der Waals surface area contributed by atoms with E-state index in [1.54, 1.807) is 0 Å². The molecular weight excluding hydrogens is 272 g/mol. The molecule has 2 unspecified atom stereocenters. The van der Waals surface area contributed by atoms with Gasteiger partial charge in [-0.25, -0.2) is 0 Å². The maximum atomic E-state index is 5.66. The topological polar surface area (TPSA) is 69.9 Å². The molecule has 1 aromatic heterocycles. The average Bonchev–Trinajstić information content (AvgIpc) is 3.01. The van der Waals surface area contributed by atoms with E-state index in [-0.39, 0.29) is 12.2 Å². The van der Waals surface area contributed by atoms with E-state index in [4.69, 9.17) is 18.7 Å². The summed E-state index contributed by atoms with van der Waals surface area (Å²) in [5, 5.41) is 4.03. The Morgan fingerprint density at radius 3 is 3.05 bits per heavy atom. The summed E-state index contributed by atoms with van der Waals surface area (Å²) in [5.41, 5.74) is 0.872. The monoisotopic (exact) mass is 288 g/mol. The normalized spacial score (nSPS) is 24.2. The van der Waals surface area contributed by atoms with Crippen LogP contribution >= 0.6 is 0 Å². The number of epoxide rings is 1. The average molecular weight is 288 g/mol. The Hall–Kier alpha value is -1.92. The van der Waals surface area contributed by atoms with Crippen LogP contribution in [0.2, 0.25) is 0 Å². The predicted octanol–water partition coefficient (Wildman–Crippen LogP) is 2.37. The van der Waals surface area contributed by atoms with Crippen LogP contribution in [0.5, 0.6) is 5.75 Å². The minimum Gasteiger partial charge on any atom is -0.491 e. The van der Waals surface area contributed by atoms with Crippen molar-refractivity contribution in [2.24, 2.45) is 0 Å². The molecule has 3 heterocycles. The van der Waals surface area contributed by atoms with Crippen molar-refractivity contribution in [2.75, 3.05) is 19.8 Å². The van der Waals surface area contributed by atoms with Crippen LogP contribution in [0.1, 0.15) is 24.8 Å². The molecule has 6 nitrogen and oxygen atoms in total. The number of hydrogen-bond donors (Lipinski definition) is 0. The van der Waals surface area contributed by atoms with Crippen LogP contribution in [-0.4, -0.2) is 36.1 Å². The third-order valence-corrected chi connectivity index (χ3v) is 3.58. The first-order valence-electron chi connectivity index (χ1n) is 7.18. The number of rotatable bonds is 5. The number of hydrogen-bond acceptors (Lipinski definition) is 6. The van der Waals surface area contributed by atoms with Gasteiger partial charge in [-0.3, -0.25) is 0 Å². The molecule has 0 radical (unpaired) electrons. The van der Waals surface area contributed by atoms with Crippen molar-refractivity contribution in [1.29, 1.82) is 0 Å². The molecule has 4 rings (SSSR count). The summed E-state index contributed by atoms with van der Waals surface area (Å²) in [6.07, 6.45) is 2.16. The minimum absolute atomic E-state index is 0.0577. The maximum Gasteiger partial charge on any atom is 0.256 e. The van der Waals surface area contributed by atoms with Gasteiger partial charge in [0.2, 0.25) is 5.82 Å². The minimum atomic E-state index is -0.0577. The Morgan fingerprint density at radius 2 is 2.24 bits per heavy atom. The fraction of sp³-hybridized carbons (Fsp3) is 0.467. The van der Waals surface area contributed by atoms with Gasteiger partial charge in [-0.15, -0.1) is 0 Å². The largest absolute Gasteiger partial charge is 0.491 e. The number of aromatic nitrogens is 2. The molecule has 0 spiro atoms.